The molecule has 0 spiro atoms. The molecule has 226 valence electrons. The molecular weight excluding hydrogens is 558 g/mol. The van der Waals surface area contributed by atoms with Crippen LogP contribution in [0.1, 0.15) is 71.7 Å². The van der Waals surface area contributed by atoms with Crippen molar-refractivity contribution in [3.05, 3.63) is 81.7 Å². The molecular formula is C32H34F2N4O5. The third kappa shape index (κ3) is 5.94. The number of aryl methyl sites for hydroxylation is 1. The Morgan fingerprint density at radius 1 is 1.19 bits per heavy atom. The first-order valence-corrected chi connectivity index (χ1v) is 14.0. The van der Waals surface area contributed by atoms with Crippen LogP contribution in [0.2, 0.25) is 0 Å². The smallest absolute Gasteiger partial charge is 0.337 e. The highest BCUT2D eigenvalue weighted by atomic mass is 19.1. The van der Waals surface area contributed by atoms with Crippen molar-refractivity contribution in [2.24, 2.45) is 0 Å². The number of nitrogens with zero attached hydrogens (tertiary/aromatic N) is 4. The fourth-order valence-electron chi connectivity index (χ4n) is 5.48. The van der Waals surface area contributed by atoms with Crippen LogP contribution in [0, 0.1) is 25.5 Å². The fourth-order valence-corrected chi connectivity index (χ4v) is 5.48. The summed E-state index contributed by atoms with van der Waals surface area (Å²) in [5, 5.41) is 14.9. The van der Waals surface area contributed by atoms with Gasteiger partial charge in [-0.2, -0.15) is 5.10 Å². The number of aliphatic carboxylic acids is 1. The number of amides is 1. The molecule has 0 unspecified atom stereocenters. The number of aromatic nitrogens is 3. The van der Waals surface area contributed by atoms with Gasteiger partial charge in [0.15, 0.2) is 29.0 Å². The molecule has 0 fully saturated rings. The molecule has 2 aromatic carbocycles. The van der Waals surface area contributed by atoms with Crippen molar-refractivity contribution in [3.8, 4) is 17.0 Å². The molecule has 1 amide bonds. The molecule has 2 aromatic heterocycles. The number of carbonyl (C=O) groups is 2. The van der Waals surface area contributed by atoms with E-state index in [1.54, 1.807) is 46.9 Å². The number of carbonyl (C=O) groups excluding carboxylic acids is 1. The third-order valence-electron chi connectivity index (χ3n) is 7.35. The van der Waals surface area contributed by atoms with Gasteiger partial charge in [0, 0.05) is 42.0 Å². The van der Waals surface area contributed by atoms with Gasteiger partial charge in [0.05, 0.1) is 17.9 Å². The Balaban J connectivity index is 1.73. The maximum atomic E-state index is 15.5. The summed E-state index contributed by atoms with van der Waals surface area (Å²) in [7, 11) is 1.57. The van der Waals surface area contributed by atoms with Crippen molar-refractivity contribution < 1.29 is 33.0 Å². The topological polar surface area (TPSA) is 106 Å². The highest BCUT2D eigenvalue weighted by Gasteiger charge is 2.35. The number of hydrogen-bond donors (Lipinski definition) is 1. The van der Waals surface area contributed by atoms with E-state index in [1.165, 1.54) is 33.7 Å². The van der Waals surface area contributed by atoms with Crippen LogP contribution in [-0.4, -0.2) is 55.7 Å². The first-order chi connectivity index (χ1) is 20.2. The summed E-state index contributed by atoms with van der Waals surface area (Å²) in [6.45, 7) is 9.24. The summed E-state index contributed by atoms with van der Waals surface area (Å²) in [4.78, 5) is 32.2. The van der Waals surface area contributed by atoms with Gasteiger partial charge in [0.1, 0.15) is 5.82 Å². The van der Waals surface area contributed by atoms with Gasteiger partial charge in [0.2, 0.25) is 0 Å². The summed E-state index contributed by atoms with van der Waals surface area (Å²) in [5.74, 6) is -2.51. The van der Waals surface area contributed by atoms with Crippen LogP contribution < -0.4 is 4.74 Å². The van der Waals surface area contributed by atoms with Crippen molar-refractivity contribution in [1.29, 1.82) is 0 Å². The van der Waals surface area contributed by atoms with E-state index in [0.29, 0.717) is 47.4 Å². The number of halogens is 2. The van der Waals surface area contributed by atoms with Crippen LogP contribution in [-0.2, 0) is 22.5 Å². The molecule has 0 saturated heterocycles. The fraction of sp³-hybridized carbons (Fsp3) is 0.375. The number of rotatable bonds is 7. The zero-order chi connectivity index (χ0) is 31.2. The maximum Gasteiger partial charge on any atom is 0.337 e. The second kappa shape index (κ2) is 11.4. The monoisotopic (exact) mass is 592 g/mol. The summed E-state index contributed by atoms with van der Waals surface area (Å²) in [6, 6.07) is 8.76. The van der Waals surface area contributed by atoms with Gasteiger partial charge in [-0.1, -0.05) is 12.1 Å². The second-order valence-corrected chi connectivity index (χ2v) is 11.8. The molecule has 0 aliphatic carbocycles. The normalized spacial score (nSPS) is 13.9. The van der Waals surface area contributed by atoms with Crippen LogP contribution in [0.15, 0.2) is 36.4 Å². The quantitative estimate of drug-likeness (QED) is 0.288. The summed E-state index contributed by atoms with van der Waals surface area (Å²) < 4.78 is 42.3. The maximum absolute atomic E-state index is 15.5. The molecule has 4 aromatic rings. The Labute approximate surface area is 248 Å². The third-order valence-corrected chi connectivity index (χ3v) is 7.35. The highest BCUT2D eigenvalue weighted by Crippen LogP contribution is 2.41. The van der Waals surface area contributed by atoms with Crippen LogP contribution in [0.3, 0.4) is 0 Å². The molecule has 0 saturated carbocycles. The summed E-state index contributed by atoms with van der Waals surface area (Å²) >= 11 is 0. The molecule has 0 bridgehead atoms. The lowest BCUT2D eigenvalue weighted by molar-refractivity contribution is -0.160. The Hall–Kier alpha value is -4.38. The Kier molecular flexibility index (Phi) is 7.95. The average molecular weight is 593 g/mol. The standard InChI is InChI=1S/C32H34F2N4O5/c1-17-21-11-8-12-42-28(21)23(34)14-22(17)27-26(29(31(40)41)43-32(3,4)5)18(2)35-25-15-24(36-38(25)27)30(39)37(6)16-19-9-7-10-20(33)13-19/h7,9-10,13-15,29H,8,11-12,16H2,1-6H3,(H,40,41)/t29-/m0/s1. The molecule has 3 heterocycles. The number of benzene rings is 2. The van der Waals surface area contributed by atoms with E-state index < -0.39 is 35.2 Å². The number of hydrogen-bond acceptors (Lipinski definition) is 6. The van der Waals surface area contributed by atoms with Crippen molar-refractivity contribution in [1.82, 2.24) is 19.5 Å². The lowest BCUT2D eigenvalue weighted by atomic mass is 9.91. The second-order valence-electron chi connectivity index (χ2n) is 11.8. The number of carboxylic acid groups (broad SMARTS) is 1. The van der Waals surface area contributed by atoms with Crippen molar-refractivity contribution in [2.45, 2.75) is 65.7 Å². The number of fused-ring (bicyclic) bond motifs is 2. The zero-order valence-electron chi connectivity index (χ0n) is 25.0. The van der Waals surface area contributed by atoms with Crippen molar-refractivity contribution in [2.75, 3.05) is 13.7 Å². The molecule has 43 heavy (non-hydrogen) atoms. The predicted octanol–water partition coefficient (Wildman–Crippen LogP) is 5.83. The van der Waals surface area contributed by atoms with Gasteiger partial charge in [-0.3, -0.25) is 4.79 Å². The molecule has 1 aliphatic rings. The van der Waals surface area contributed by atoms with Gasteiger partial charge < -0.3 is 19.5 Å². The van der Waals surface area contributed by atoms with E-state index in [-0.39, 0.29) is 34.9 Å². The molecule has 9 nitrogen and oxygen atoms in total. The minimum absolute atomic E-state index is 0.0345. The number of ether oxygens (including phenoxy) is 2. The van der Waals surface area contributed by atoms with Gasteiger partial charge in [-0.05, 0) is 76.8 Å². The first kappa shape index (κ1) is 30.1. The molecule has 1 N–H and O–H groups in total. The summed E-state index contributed by atoms with van der Waals surface area (Å²) in [5.41, 5.74) is 2.64. The van der Waals surface area contributed by atoms with Crippen LogP contribution in [0.4, 0.5) is 8.78 Å². The van der Waals surface area contributed by atoms with Gasteiger partial charge in [-0.25, -0.2) is 23.1 Å². The van der Waals surface area contributed by atoms with Gasteiger partial charge >= 0.3 is 5.97 Å². The largest absolute Gasteiger partial charge is 0.490 e. The van der Waals surface area contributed by atoms with E-state index in [9.17, 15) is 19.1 Å². The van der Waals surface area contributed by atoms with E-state index in [4.69, 9.17) is 9.47 Å². The molecule has 1 aliphatic heterocycles. The van der Waals surface area contributed by atoms with Crippen LogP contribution >= 0.6 is 0 Å². The van der Waals surface area contributed by atoms with E-state index in [2.05, 4.69) is 10.1 Å². The Morgan fingerprint density at radius 2 is 1.93 bits per heavy atom. The Bertz CT molecular complexity index is 1740. The Morgan fingerprint density at radius 3 is 2.60 bits per heavy atom. The molecule has 11 heteroatoms. The first-order valence-electron chi connectivity index (χ1n) is 14.0. The lowest BCUT2D eigenvalue weighted by Crippen LogP contribution is -2.29. The van der Waals surface area contributed by atoms with E-state index >= 15 is 4.39 Å². The lowest BCUT2D eigenvalue weighted by Gasteiger charge is -2.28. The van der Waals surface area contributed by atoms with Crippen molar-refractivity contribution >= 4 is 17.5 Å². The van der Waals surface area contributed by atoms with E-state index in [0.717, 1.165) is 0 Å². The summed E-state index contributed by atoms with van der Waals surface area (Å²) in [6.07, 6.45) is -0.180. The predicted molar refractivity (Wildman–Crippen MR) is 155 cm³/mol. The van der Waals surface area contributed by atoms with E-state index in [1.807, 2.05) is 6.92 Å². The van der Waals surface area contributed by atoms with Crippen molar-refractivity contribution in [3.63, 3.8) is 0 Å². The molecule has 5 rings (SSSR count). The zero-order valence-corrected chi connectivity index (χ0v) is 25.0. The SMILES string of the molecule is Cc1nc2cc(C(=O)N(C)Cc3cccc(F)c3)nn2c(-c2cc(F)c3c(c2C)CCCO3)c1[C@H](OC(C)(C)C)C(=O)O. The van der Waals surface area contributed by atoms with Gasteiger partial charge in [-0.15, -0.1) is 0 Å². The molecule has 1 atom stereocenters. The average Bonchev–Trinajstić information content (AvgIpc) is 3.36. The van der Waals surface area contributed by atoms with Gasteiger partial charge in [0.25, 0.3) is 5.91 Å². The van der Waals surface area contributed by atoms with Crippen LogP contribution in [0.5, 0.6) is 5.75 Å². The van der Waals surface area contributed by atoms with Crippen LogP contribution in [0.25, 0.3) is 16.9 Å². The minimum Gasteiger partial charge on any atom is -0.490 e. The minimum atomic E-state index is -1.47. The number of carboxylic acids is 1. The highest BCUT2D eigenvalue weighted by molar-refractivity contribution is 5.93. The molecule has 0 radical (unpaired) electrons.